The van der Waals surface area contributed by atoms with Gasteiger partial charge in [0.2, 0.25) is 10.0 Å². The zero-order chi connectivity index (χ0) is 35.0. The average Bonchev–Trinajstić information content (AvgIpc) is 3.43. The molecule has 0 aliphatic carbocycles. The third-order valence-electron chi connectivity index (χ3n) is 7.92. The Morgan fingerprint density at radius 3 is 2.35 bits per heavy atom. The highest BCUT2D eigenvalue weighted by Gasteiger charge is 2.29. The minimum atomic E-state index is -3.77. The number of piperazine rings is 1. The van der Waals surface area contributed by atoms with E-state index in [1.165, 1.54) is 10.4 Å². The zero-order valence-electron chi connectivity index (χ0n) is 27.3. The van der Waals surface area contributed by atoms with Crippen molar-refractivity contribution in [3.63, 3.8) is 0 Å². The number of fused-ring (bicyclic) bond motifs is 1. The lowest BCUT2D eigenvalue weighted by molar-refractivity contribution is 0.0693. The van der Waals surface area contributed by atoms with Crippen molar-refractivity contribution in [3.8, 4) is 28.6 Å². The van der Waals surface area contributed by atoms with Gasteiger partial charge in [-0.2, -0.15) is 4.31 Å². The van der Waals surface area contributed by atoms with E-state index in [-0.39, 0.29) is 34.1 Å². The summed E-state index contributed by atoms with van der Waals surface area (Å²) < 4.78 is 36.4. The number of aliphatic hydroxyl groups is 1. The number of carboxylic acid groups (broad SMARTS) is 1. The lowest BCUT2D eigenvalue weighted by atomic mass is 10.1. The number of aromatic carboxylic acids is 1. The highest BCUT2D eigenvalue weighted by molar-refractivity contribution is 7.89. The Hall–Kier alpha value is -4.44. The fraction of sp³-hybridized carbons (Fsp3) is 0.424. The molecule has 0 saturated carbocycles. The van der Waals surface area contributed by atoms with Crippen LogP contribution in [0, 0.1) is 0 Å². The Labute approximate surface area is 278 Å². The van der Waals surface area contributed by atoms with Crippen LogP contribution in [-0.4, -0.2) is 104 Å². The summed E-state index contributed by atoms with van der Waals surface area (Å²) in [5.74, 6) is -1.03. The quantitative estimate of drug-likeness (QED) is 0.137. The molecule has 0 unspecified atom stereocenters. The molecule has 48 heavy (non-hydrogen) atoms. The first-order valence-corrected chi connectivity index (χ1v) is 17.4. The second-order valence-electron chi connectivity index (χ2n) is 11.3. The van der Waals surface area contributed by atoms with Crippen molar-refractivity contribution >= 4 is 27.0 Å². The molecule has 1 aliphatic rings. The van der Waals surface area contributed by atoms with Gasteiger partial charge >= 0.3 is 5.97 Å². The third kappa shape index (κ3) is 8.16. The number of rotatable bonds is 12. The van der Waals surface area contributed by atoms with Crippen molar-refractivity contribution in [3.05, 3.63) is 64.1 Å². The number of phenolic OH excluding ortho intramolecular Hbond substituents is 1. The molecule has 1 saturated heterocycles. The Bertz CT molecular complexity index is 1900. The second kappa shape index (κ2) is 16.1. The van der Waals surface area contributed by atoms with Crippen molar-refractivity contribution in [1.82, 2.24) is 23.7 Å². The Morgan fingerprint density at radius 1 is 1.02 bits per heavy atom. The van der Waals surface area contributed by atoms with E-state index in [0.717, 1.165) is 37.0 Å². The summed E-state index contributed by atoms with van der Waals surface area (Å²) in [5, 5.41) is 35.3. The van der Waals surface area contributed by atoms with Gasteiger partial charge in [0.05, 0.1) is 29.2 Å². The molecule has 15 heteroatoms. The van der Waals surface area contributed by atoms with E-state index in [0.29, 0.717) is 74.0 Å². The van der Waals surface area contributed by atoms with Gasteiger partial charge in [-0.1, -0.05) is 20.3 Å². The van der Waals surface area contributed by atoms with E-state index < -0.39 is 16.0 Å². The number of benzene rings is 2. The van der Waals surface area contributed by atoms with Gasteiger partial charge in [0, 0.05) is 45.5 Å². The van der Waals surface area contributed by atoms with Gasteiger partial charge in [0.25, 0.3) is 5.56 Å². The standard InChI is InChI=1S/C26H37N5O5S.C7H6O4/c1-4-7-19-18-30(6-3)24-23(19)27-25(28-26(24)33)21-17-20(8-9-22(21)36-16-5-2)37(34,35)31-12-10-29(11-13-31)14-15-32;8-4-1-2-6(9)5(3-4)7(10)11/h8-9,17-18,32H,4-7,10-16H2,1-3H3,(H,27,28,33);1-3,8-9H,(H,10,11). The van der Waals surface area contributed by atoms with Crippen LogP contribution in [0.2, 0.25) is 0 Å². The maximum Gasteiger partial charge on any atom is 0.339 e. The molecule has 1 aliphatic heterocycles. The molecular weight excluding hydrogens is 642 g/mol. The number of aromatic amines is 1. The van der Waals surface area contributed by atoms with E-state index in [1.807, 2.05) is 29.5 Å². The molecule has 14 nitrogen and oxygen atoms in total. The number of nitrogens with zero attached hydrogens (tertiary/aromatic N) is 4. The summed E-state index contributed by atoms with van der Waals surface area (Å²) in [4.78, 5) is 33.4. The summed E-state index contributed by atoms with van der Waals surface area (Å²) in [5.41, 5.74) is 2.03. The zero-order valence-corrected chi connectivity index (χ0v) is 28.2. The number of hydrogen-bond acceptors (Lipinski definition) is 10. The molecule has 2 aromatic carbocycles. The van der Waals surface area contributed by atoms with Gasteiger partial charge < -0.3 is 34.7 Å². The number of H-pyrrole nitrogens is 1. The molecule has 5 N–H and O–H groups in total. The SMILES string of the molecule is CCCOc1ccc(S(=O)(=O)N2CCN(CCO)CC2)cc1-c1nc2c(CCC)cn(CC)c2c(=O)[nH]1.O=C(O)c1cc(O)ccc1O. The lowest BCUT2D eigenvalue weighted by Crippen LogP contribution is -2.49. The summed E-state index contributed by atoms with van der Waals surface area (Å²) in [6.07, 6.45) is 4.46. The molecule has 1 fully saturated rings. The number of carbonyl (C=O) groups is 1. The summed E-state index contributed by atoms with van der Waals surface area (Å²) in [6.45, 7) is 9.54. The number of aromatic nitrogens is 3. The highest BCUT2D eigenvalue weighted by Crippen LogP contribution is 2.33. The van der Waals surface area contributed by atoms with Crippen molar-refractivity contribution in [2.24, 2.45) is 0 Å². The highest BCUT2D eigenvalue weighted by atomic mass is 32.2. The number of nitrogens with one attached hydrogen (secondary N) is 1. The fourth-order valence-electron chi connectivity index (χ4n) is 5.47. The molecule has 5 rings (SSSR count). The van der Waals surface area contributed by atoms with Crippen LogP contribution < -0.4 is 10.3 Å². The van der Waals surface area contributed by atoms with Crippen LogP contribution in [0.1, 0.15) is 49.5 Å². The van der Waals surface area contributed by atoms with Crippen molar-refractivity contribution in [2.45, 2.75) is 51.5 Å². The van der Waals surface area contributed by atoms with Gasteiger partial charge in [-0.05, 0) is 61.7 Å². The second-order valence-corrected chi connectivity index (χ2v) is 13.2. The van der Waals surface area contributed by atoms with Gasteiger partial charge in [-0.3, -0.25) is 9.69 Å². The molecule has 0 radical (unpaired) electrons. The molecular formula is C33H43N5O9S. The van der Waals surface area contributed by atoms with Crippen LogP contribution in [0.5, 0.6) is 17.2 Å². The first kappa shape index (κ1) is 36.4. The van der Waals surface area contributed by atoms with E-state index in [1.54, 1.807) is 18.2 Å². The molecule has 3 heterocycles. The van der Waals surface area contributed by atoms with Crippen molar-refractivity contribution in [1.29, 1.82) is 0 Å². The molecule has 0 amide bonds. The van der Waals surface area contributed by atoms with Crippen LogP contribution >= 0.6 is 0 Å². The maximum atomic E-state index is 13.5. The Morgan fingerprint density at radius 2 is 1.75 bits per heavy atom. The summed E-state index contributed by atoms with van der Waals surface area (Å²) in [6, 6.07) is 8.07. The lowest BCUT2D eigenvalue weighted by Gasteiger charge is -2.33. The molecule has 2 aromatic heterocycles. The van der Waals surface area contributed by atoms with E-state index in [2.05, 4.69) is 11.9 Å². The van der Waals surface area contributed by atoms with Crippen LogP contribution in [0.15, 0.2) is 52.3 Å². The number of sulfonamides is 1. The number of phenols is 2. The first-order chi connectivity index (χ1) is 22.9. The predicted octanol–water partition coefficient (Wildman–Crippen LogP) is 3.25. The smallest absolute Gasteiger partial charge is 0.339 e. The fourth-order valence-corrected chi connectivity index (χ4v) is 6.92. The largest absolute Gasteiger partial charge is 0.508 e. The number of carboxylic acids is 1. The molecule has 0 bridgehead atoms. The molecule has 260 valence electrons. The predicted molar refractivity (Wildman–Crippen MR) is 180 cm³/mol. The minimum Gasteiger partial charge on any atom is -0.508 e. The van der Waals surface area contributed by atoms with Crippen LogP contribution in [0.3, 0.4) is 0 Å². The number of hydrogen-bond donors (Lipinski definition) is 5. The first-order valence-electron chi connectivity index (χ1n) is 15.9. The van der Waals surface area contributed by atoms with E-state index in [4.69, 9.17) is 25.0 Å². The van der Waals surface area contributed by atoms with Crippen LogP contribution in [0.4, 0.5) is 0 Å². The average molecular weight is 686 g/mol. The normalized spacial score (nSPS) is 14.1. The number of aliphatic hydroxyl groups excluding tert-OH is 1. The minimum absolute atomic E-state index is 0.0481. The van der Waals surface area contributed by atoms with E-state index in [9.17, 15) is 23.1 Å². The Balaban J connectivity index is 0.000000401. The number of aryl methyl sites for hydroxylation is 2. The topological polar surface area (TPSA) is 199 Å². The molecule has 4 aromatic rings. The third-order valence-corrected chi connectivity index (χ3v) is 9.82. The van der Waals surface area contributed by atoms with Gasteiger partial charge in [0.15, 0.2) is 0 Å². The summed E-state index contributed by atoms with van der Waals surface area (Å²) in [7, 11) is -3.77. The van der Waals surface area contributed by atoms with Crippen LogP contribution in [0.25, 0.3) is 22.4 Å². The number of ether oxygens (including phenoxy) is 1. The van der Waals surface area contributed by atoms with Crippen molar-refractivity contribution in [2.75, 3.05) is 45.9 Å². The van der Waals surface area contributed by atoms with Gasteiger partial charge in [0.1, 0.15) is 34.2 Å². The monoisotopic (exact) mass is 685 g/mol. The number of β-amino-alcohol motifs (C(OH)–C–C–N with tert-alkyl or cyclic N) is 1. The van der Waals surface area contributed by atoms with E-state index >= 15 is 0 Å². The Kier molecular flexibility index (Phi) is 12.2. The maximum absolute atomic E-state index is 13.5. The number of aromatic hydroxyl groups is 2. The molecule has 0 spiro atoms. The van der Waals surface area contributed by atoms with Crippen molar-refractivity contribution < 1.29 is 38.4 Å². The van der Waals surface area contributed by atoms with Gasteiger partial charge in [-0.15, -0.1) is 0 Å². The van der Waals surface area contributed by atoms with Crippen LogP contribution in [-0.2, 0) is 23.0 Å². The molecule has 0 atom stereocenters. The van der Waals surface area contributed by atoms with Gasteiger partial charge in [-0.25, -0.2) is 18.2 Å². The summed E-state index contributed by atoms with van der Waals surface area (Å²) >= 11 is 0.